The minimum atomic E-state index is -0.458. The van der Waals surface area contributed by atoms with Gasteiger partial charge in [0.05, 0.1) is 0 Å². The van der Waals surface area contributed by atoms with Crippen LogP contribution in [0.5, 0.6) is 0 Å². The third kappa shape index (κ3) is 2.74. The van der Waals surface area contributed by atoms with Crippen molar-refractivity contribution in [3.63, 3.8) is 0 Å². The number of nitrogens with zero attached hydrogens (tertiary/aromatic N) is 1. The van der Waals surface area contributed by atoms with Crippen LogP contribution in [0.3, 0.4) is 0 Å². The summed E-state index contributed by atoms with van der Waals surface area (Å²) < 4.78 is 4.68. The lowest BCUT2D eigenvalue weighted by atomic mass is 10.0. The number of hydrogen-bond donors (Lipinski definition) is 1. The highest BCUT2D eigenvalue weighted by Gasteiger charge is 2.57. The van der Waals surface area contributed by atoms with Crippen LogP contribution < -0.4 is 5.32 Å². The van der Waals surface area contributed by atoms with Gasteiger partial charge in [-0.05, 0) is 31.9 Å². The van der Waals surface area contributed by atoms with Crippen molar-refractivity contribution in [3.8, 4) is 0 Å². The molecule has 0 unspecified atom stereocenters. The molecule has 23 heavy (non-hydrogen) atoms. The van der Waals surface area contributed by atoms with Gasteiger partial charge in [-0.25, -0.2) is 0 Å². The van der Waals surface area contributed by atoms with E-state index in [1.165, 1.54) is 0 Å². The lowest BCUT2D eigenvalue weighted by Crippen LogP contribution is -2.52. The molecule has 2 amide bonds. The standard InChI is InChI=1S/C17H22N2O3S/c1-17(2)13(14(20)18-9-6-10-22-3)19-15(21)11-7-4-5-8-12(11)16(19)23-17/h4-5,7-8,13,16H,6,9-10H2,1-3H3,(H,18,20)/t13-,16+/m1/s1. The Morgan fingerprint density at radius 3 is 2.87 bits per heavy atom. The number of amides is 2. The maximum absolute atomic E-state index is 12.8. The Hall–Kier alpha value is -1.53. The number of nitrogens with one attached hydrogen (secondary N) is 1. The molecule has 6 heteroatoms. The number of benzene rings is 1. The second-order valence-electron chi connectivity index (χ2n) is 6.41. The molecule has 0 spiro atoms. The van der Waals surface area contributed by atoms with Gasteiger partial charge in [0.1, 0.15) is 11.4 Å². The molecule has 0 radical (unpaired) electrons. The van der Waals surface area contributed by atoms with Crippen LogP contribution in [0.4, 0.5) is 0 Å². The zero-order valence-electron chi connectivity index (χ0n) is 13.7. The summed E-state index contributed by atoms with van der Waals surface area (Å²) in [4.78, 5) is 27.2. The van der Waals surface area contributed by atoms with E-state index in [-0.39, 0.29) is 21.9 Å². The number of fused-ring (bicyclic) bond motifs is 3. The molecule has 1 N–H and O–H groups in total. The summed E-state index contributed by atoms with van der Waals surface area (Å²) in [5, 5.41) is 2.88. The normalized spacial score (nSPS) is 24.5. The van der Waals surface area contributed by atoms with Crippen molar-refractivity contribution in [1.82, 2.24) is 10.2 Å². The Bertz CT molecular complexity index is 632. The number of hydrogen-bond acceptors (Lipinski definition) is 4. The van der Waals surface area contributed by atoms with E-state index < -0.39 is 6.04 Å². The number of thioether (sulfide) groups is 1. The molecule has 0 bridgehead atoms. The largest absolute Gasteiger partial charge is 0.385 e. The summed E-state index contributed by atoms with van der Waals surface area (Å²) in [6, 6.07) is 7.19. The van der Waals surface area contributed by atoms with Gasteiger partial charge in [0.2, 0.25) is 5.91 Å². The lowest BCUT2D eigenvalue weighted by molar-refractivity contribution is -0.126. The maximum atomic E-state index is 12.8. The Kier molecular flexibility index (Phi) is 4.38. The fourth-order valence-electron chi connectivity index (χ4n) is 3.33. The Morgan fingerprint density at radius 1 is 1.39 bits per heavy atom. The van der Waals surface area contributed by atoms with Crippen molar-refractivity contribution in [1.29, 1.82) is 0 Å². The molecule has 1 aromatic rings. The molecular formula is C17H22N2O3S. The predicted octanol–water partition coefficient (Wildman–Crippen LogP) is 2.19. The van der Waals surface area contributed by atoms with Crippen LogP contribution in [0.2, 0.25) is 0 Å². The van der Waals surface area contributed by atoms with Crippen molar-refractivity contribution in [2.24, 2.45) is 0 Å². The molecule has 124 valence electrons. The van der Waals surface area contributed by atoms with Crippen LogP contribution in [-0.4, -0.2) is 47.8 Å². The van der Waals surface area contributed by atoms with E-state index in [2.05, 4.69) is 5.32 Å². The van der Waals surface area contributed by atoms with Crippen molar-refractivity contribution < 1.29 is 14.3 Å². The maximum Gasteiger partial charge on any atom is 0.256 e. The summed E-state index contributed by atoms with van der Waals surface area (Å²) >= 11 is 1.68. The monoisotopic (exact) mass is 334 g/mol. The van der Waals surface area contributed by atoms with Gasteiger partial charge in [-0.15, -0.1) is 11.8 Å². The molecule has 2 heterocycles. The molecule has 1 aromatic carbocycles. The zero-order valence-corrected chi connectivity index (χ0v) is 14.5. The second kappa shape index (κ2) is 6.17. The number of rotatable bonds is 5. The number of carbonyl (C=O) groups excluding carboxylic acids is 2. The fraction of sp³-hybridized carbons (Fsp3) is 0.529. The van der Waals surface area contributed by atoms with Crippen molar-refractivity contribution in [2.75, 3.05) is 20.3 Å². The molecule has 2 aliphatic heterocycles. The van der Waals surface area contributed by atoms with Crippen LogP contribution in [0.25, 0.3) is 0 Å². The Morgan fingerprint density at radius 2 is 2.13 bits per heavy atom. The Balaban J connectivity index is 1.81. The summed E-state index contributed by atoms with van der Waals surface area (Å²) in [6.45, 7) is 5.24. The van der Waals surface area contributed by atoms with Crippen molar-refractivity contribution in [3.05, 3.63) is 35.4 Å². The molecule has 1 fully saturated rings. The van der Waals surface area contributed by atoms with E-state index in [0.29, 0.717) is 13.2 Å². The third-order valence-corrected chi connectivity index (χ3v) is 5.90. The van der Waals surface area contributed by atoms with Gasteiger partial charge in [-0.1, -0.05) is 18.2 Å². The van der Waals surface area contributed by atoms with E-state index >= 15 is 0 Å². The van der Waals surface area contributed by atoms with Crippen molar-refractivity contribution in [2.45, 2.75) is 36.4 Å². The number of methoxy groups -OCH3 is 1. The first-order valence-electron chi connectivity index (χ1n) is 7.83. The minimum absolute atomic E-state index is 0.0410. The van der Waals surface area contributed by atoms with E-state index in [0.717, 1.165) is 17.5 Å². The molecule has 2 atom stereocenters. The number of carbonyl (C=O) groups is 2. The SMILES string of the molecule is COCCCNC(=O)[C@H]1N2C(=O)c3ccccc3[C@@H]2SC1(C)C. The van der Waals surface area contributed by atoms with Crippen LogP contribution in [0.15, 0.2) is 24.3 Å². The summed E-state index contributed by atoms with van der Waals surface area (Å²) in [7, 11) is 1.64. The van der Waals surface area contributed by atoms with E-state index in [1.54, 1.807) is 23.8 Å². The number of ether oxygens (including phenoxy) is 1. The Labute approximate surface area is 140 Å². The smallest absolute Gasteiger partial charge is 0.256 e. The molecule has 3 rings (SSSR count). The quantitative estimate of drug-likeness (QED) is 0.839. The van der Waals surface area contributed by atoms with Gasteiger partial charge < -0.3 is 15.0 Å². The van der Waals surface area contributed by atoms with Gasteiger partial charge >= 0.3 is 0 Å². The average Bonchev–Trinajstić information content (AvgIpc) is 2.95. The van der Waals surface area contributed by atoms with Gasteiger partial charge in [0.25, 0.3) is 5.91 Å². The second-order valence-corrected chi connectivity index (χ2v) is 8.15. The molecule has 0 aliphatic carbocycles. The van der Waals surface area contributed by atoms with E-state index in [1.807, 2.05) is 38.1 Å². The lowest BCUT2D eigenvalue weighted by Gasteiger charge is -2.29. The zero-order chi connectivity index (χ0) is 16.6. The summed E-state index contributed by atoms with van der Waals surface area (Å²) in [5.41, 5.74) is 1.74. The molecule has 0 saturated carbocycles. The first-order chi connectivity index (χ1) is 11.0. The van der Waals surface area contributed by atoms with Crippen LogP contribution in [0.1, 0.15) is 41.6 Å². The topological polar surface area (TPSA) is 58.6 Å². The van der Waals surface area contributed by atoms with Gasteiger partial charge in [-0.3, -0.25) is 9.59 Å². The minimum Gasteiger partial charge on any atom is -0.385 e. The van der Waals surface area contributed by atoms with Crippen LogP contribution in [-0.2, 0) is 9.53 Å². The highest BCUT2D eigenvalue weighted by atomic mass is 32.2. The van der Waals surface area contributed by atoms with E-state index in [9.17, 15) is 9.59 Å². The molecular weight excluding hydrogens is 312 g/mol. The first kappa shape index (κ1) is 16.3. The summed E-state index contributed by atoms with van der Waals surface area (Å²) in [5.74, 6) is -0.122. The summed E-state index contributed by atoms with van der Waals surface area (Å²) in [6.07, 6.45) is 0.764. The van der Waals surface area contributed by atoms with E-state index in [4.69, 9.17) is 4.74 Å². The average molecular weight is 334 g/mol. The third-order valence-electron chi connectivity index (χ3n) is 4.37. The molecule has 2 aliphatic rings. The highest BCUT2D eigenvalue weighted by Crippen LogP contribution is 2.56. The predicted molar refractivity (Wildman–Crippen MR) is 90.3 cm³/mol. The first-order valence-corrected chi connectivity index (χ1v) is 8.71. The molecule has 0 aromatic heterocycles. The van der Waals surface area contributed by atoms with Crippen LogP contribution in [0, 0.1) is 0 Å². The molecule has 5 nitrogen and oxygen atoms in total. The van der Waals surface area contributed by atoms with Gasteiger partial charge in [-0.2, -0.15) is 0 Å². The van der Waals surface area contributed by atoms with Crippen LogP contribution >= 0.6 is 11.8 Å². The van der Waals surface area contributed by atoms with Crippen molar-refractivity contribution >= 4 is 23.6 Å². The highest BCUT2D eigenvalue weighted by molar-refractivity contribution is 8.01. The van der Waals surface area contributed by atoms with Gasteiger partial charge in [0, 0.05) is 30.6 Å². The molecule has 1 saturated heterocycles. The van der Waals surface area contributed by atoms with Gasteiger partial charge in [0.15, 0.2) is 0 Å². The fourth-order valence-corrected chi connectivity index (χ4v) is 4.92.